The standard InChI is InChI=1S/C18H22N6O3S2/c25-18(20-7-3-9-23-11-8-19-13-23)14-4-2-10-24(12-14)29(26,27)16-6-1-5-15-17(16)22-28-21-15/h1,5-6,8,11,13-14H,2-4,7,9-10,12H2,(H,20,25)/t14-/m1/s1. The van der Waals surface area contributed by atoms with E-state index >= 15 is 0 Å². The van der Waals surface area contributed by atoms with E-state index in [1.807, 2.05) is 10.8 Å². The molecule has 11 heteroatoms. The van der Waals surface area contributed by atoms with Gasteiger partial charge in [0.05, 0.1) is 24.0 Å². The summed E-state index contributed by atoms with van der Waals surface area (Å²) in [7, 11) is -3.73. The fourth-order valence-corrected chi connectivity index (χ4v) is 5.82. The van der Waals surface area contributed by atoms with Crippen molar-refractivity contribution >= 4 is 38.7 Å². The number of piperidine rings is 1. The third-order valence-corrected chi connectivity index (χ3v) is 7.51. The number of amides is 1. The first-order chi connectivity index (χ1) is 14.1. The third kappa shape index (κ3) is 4.31. The second kappa shape index (κ2) is 8.56. The molecule has 1 aromatic carbocycles. The Bertz CT molecular complexity index is 1080. The number of fused-ring (bicyclic) bond motifs is 1. The summed E-state index contributed by atoms with van der Waals surface area (Å²) < 4.78 is 38.0. The lowest BCUT2D eigenvalue weighted by Gasteiger charge is -2.31. The molecule has 0 unspecified atom stereocenters. The zero-order valence-electron chi connectivity index (χ0n) is 15.8. The van der Waals surface area contributed by atoms with Gasteiger partial charge >= 0.3 is 0 Å². The van der Waals surface area contributed by atoms with Crippen LogP contribution in [0.15, 0.2) is 41.8 Å². The van der Waals surface area contributed by atoms with Gasteiger partial charge in [0, 0.05) is 38.6 Å². The summed E-state index contributed by atoms with van der Waals surface area (Å²) >= 11 is 0.993. The maximum atomic E-state index is 13.2. The number of carbonyl (C=O) groups excluding carboxylic acids is 1. The molecule has 4 rings (SSSR count). The monoisotopic (exact) mass is 434 g/mol. The van der Waals surface area contributed by atoms with Gasteiger partial charge in [0.15, 0.2) is 0 Å². The molecule has 1 N–H and O–H groups in total. The fourth-order valence-electron chi connectivity index (χ4n) is 3.54. The number of imidazole rings is 1. The highest BCUT2D eigenvalue weighted by Crippen LogP contribution is 2.28. The highest BCUT2D eigenvalue weighted by Gasteiger charge is 2.34. The van der Waals surface area contributed by atoms with Crippen molar-refractivity contribution in [3.05, 3.63) is 36.9 Å². The molecule has 1 aliphatic rings. The van der Waals surface area contributed by atoms with Gasteiger partial charge in [-0.2, -0.15) is 13.1 Å². The van der Waals surface area contributed by atoms with E-state index in [2.05, 4.69) is 19.0 Å². The van der Waals surface area contributed by atoms with Crippen molar-refractivity contribution < 1.29 is 13.2 Å². The molecule has 0 bridgehead atoms. The first-order valence-corrected chi connectivity index (χ1v) is 11.7. The Morgan fingerprint density at radius 1 is 1.31 bits per heavy atom. The normalized spacial score (nSPS) is 18.1. The topological polar surface area (TPSA) is 110 Å². The molecule has 1 fully saturated rings. The molecule has 0 radical (unpaired) electrons. The lowest BCUT2D eigenvalue weighted by Crippen LogP contribution is -2.45. The minimum Gasteiger partial charge on any atom is -0.356 e. The van der Waals surface area contributed by atoms with Gasteiger partial charge < -0.3 is 9.88 Å². The van der Waals surface area contributed by atoms with E-state index in [1.54, 1.807) is 30.7 Å². The molecule has 29 heavy (non-hydrogen) atoms. The summed E-state index contributed by atoms with van der Waals surface area (Å²) in [6.45, 7) is 1.91. The van der Waals surface area contributed by atoms with E-state index in [9.17, 15) is 13.2 Å². The lowest BCUT2D eigenvalue weighted by atomic mass is 9.99. The second-order valence-corrected chi connectivity index (χ2v) is 9.47. The minimum atomic E-state index is -3.73. The van der Waals surface area contributed by atoms with E-state index in [0.29, 0.717) is 37.0 Å². The summed E-state index contributed by atoms with van der Waals surface area (Å²) in [5.74, 6) is -0.441. The average Bonchev–Trinajstić information content (AvgIpc) is 3.42. The first-order valence-electron chi connectivity index (χ1n) is 9.50. The van der Waals surface area contributed by atoms with Crippen molar-refractivity contribution in [3.63, 3.8) is 0 Å². The quantitative estimate of drug-likeness (QED) is 0.564. The molecular formula is C18H22N6O3S2. The largest absolute Gasteiger partial charge is 0.356 e. The maximum Gasteiger partial charge on any atom is 0.245 e. The van der Waals surface area contributed by atoms with Crippen LogP contribution in [0, 0.1) is 5.92 Å². The van der Waals surface area contributed by atoms with Crippen LogP contribution < -0.4 is 5.32 Å². The number of benzene rings is 1. The maximum absolute atomic E-state index is 13.2. The van der Waals surface area contributed by atoms with Gasteiger partial charge in [0.1, 0.15) is 15.9 Å². The minimum absolute atomic E-state index is 0.0935. The highest BCUT2D eigenvalue weighted by atomic mass is 32.2. The van der Waals surface area contributed by atoms with Crippen LogP contribution in [0.2, 0.25) is 0 Å². The van der Waals surface area contributed by atoms with E-state index in [0.717, 1.165) is 24.7 Å². The Labute approximate surface area is 173 Å². The molecule has 0 aliphatic carbocycles. The number of nitrogens with one attached hydrogen (secondary N) is 1. The Morgan fingerprint density at radius 3 is 3.03 bits per heavy atom. The predicted octanol–water partition coefficient (Wildman–Crippen LogP) is 1.49. The molecule has 1 amide bonds. The summed E-state index contributed by atoms with van der Waals surface area (Å²) in [6.07, 6.45) is 7.46. The highest BCUT2D eigenvalue weighted by molar-refractivity contribution is 7.89. The Morgan fingerprint density at radius 2 is 2.21 bits per heavy atom. The predicted molar refractivity (Wildman–Crippen MR) is 109 cm³/mol. The smallest absolute Gasteiger partial charge is 0.245 e. The number of nitrogens with zero attached hydrogens (tertiary/aromatic N) is 5. The van der Waals surface area contributed by atoms with Crippen LogP contribution >= 0.6 is 11.7 Å². The Hall–Kier alpha value is -2.37. The van der Waals surface area contributed by atoms with Crippen LogP contribution in [0.4, 0.5) is 0 Å². The molecule has 3 heterocycles. The summed E-state index contributed by atoms with van der Waals surface area (Å²) in [5, 5.41) is 2.94. The first kappa shape index (κ1) is 19.9. The van der Waals surface area contributed by atoms with Gasteiger partial charge in [-0.3, -0.25) is 4.79 Å². The second-order valence-electron chi connectivity index (χ2n) is 7.04. The zero-order chi connectivity index (χ0) is 20.3. The SMILES string of the molecule is O=C(NCCCn1ccnc1)[C@@H]1CCCN(S(=O)(=O)c2cccc3nsnc23)C1. The number of carbonyl (C=O) groups is 1. The van der Waals surface area contributed by atoms with Gasteiger partial charge in [0.2, 0.25) is 15.9 Å². The molecule has 9 nitrogen and oxygen atoms in total. The van der Waals surface area contributed by atoms with Crippen molar-refractivity contribution in [3.8, 4) is 0 Å². The van der Waals surface area contributed by atoms with Crippen LogP contribution in [0.1, 0.15) is 19.3 Å². The van der Waals surface area contributed by atoms with Crippen LogP contribution in [0.5, 0.6) is 0 Å². The van der Waals surface area contributed by atoms with Gasteiger partial charge in [-0.25, -0.2) is 13.4 Å². The molecule has 0 saturated carbocycles. The average molecular weight is 435 g/mol. The molecular weight excluding hydrogens is 412 g/mol. The van der Waals surface area contributed by atoms with E-state index < -0.39 is 10.0 Å². The molecule has 3 aromatic rings. The number of sulfonamides is 1. The molecule has 2 aromatic heterocycles. The van der Waals surface area contributed by atoms with Crippen molar-refractivity contribution in [1.29, 1.82) is 0 Å². The van der Waals surface area contributed by atoms with Crippen molar-refractivity contribution in [2.45, 2.75) is 30.7 Å². The summed E-state index contributed by atoms with van der Waals surface area (Å²) in [5.41, 5.74) is 0.962. The van der Waals surface area contributed by atoms with Crippen LogP contribution in [0.3, 0.4) is 0 Å². The van der Waals surface area contributed by atoms with Crippen molar-refractivity contribution in [2.24, 2.45) is 5.92 Å². The number of hydrogen-bond acceptors (Lipinski definition) is 7. The third-order valence-electron chi connectivity index (χ3n) is 5.07. The molecule has 0 spiro atoms. The molecule has 1 aliphatic heterocycles. The van der Waals surface area contributed by atoms with E-state index in [4.69, 9.17) is 0 Å². The van der Waals surface area contributed by atoms with Gasteiger partial charge in [0.25, 0.3) is 0 Å². The molecule has 1 atom stereocenters. The van der Waals surface area contributed by atoms with Gasteiger partial charge in [-0.05, 0) is 31.4 Å². The molecule has 154 valence electrons. The van der Waals surface area contributed by atoms with Gasteiger partial charge in [-0.1, -0.05) is 6.07 Å². The number of rotatable bonds is 7. The van der Waals surface area contributed by atoms with Gasteiger partial charge in [-0.15, -0.1) is 0 Å². The number of aryl methyl sites for hydroxylation is 1. The van der Waals surface area contributed by atoms with E-state index in [1.165, 1.54) is 4.31 Å². The van der Waals surface area contributed by atoms with Crippen molar-refractivity contribution in [1.82, 2.24) is 27.9 Å². The molecule has 1 saturated heterocycles. The summed E-state index contributed by atoms with van der Waals surface area (Å²) in [6, 6.07) is 4.97. The van der Waals surface area contributed by atoms with Crippen LogP contribution in [-0.2, 0) is 21.4 Å². The summed E-state index contributed by atoms with van der Waals surface area (Å²) in [4.78, 5) is 16.7. The Kier molecular flexibility index (Phi) is 5.88. The van der Waals surface area contributed by atoms with Crippen molar-refractivity contribution in [2.75, 3.05) is 19.6 Å². The lowest BCUT2D eigenvalue weighted by molar-refractivity contribution is -0.126. The number of aromatic nitrogens is 4. The fraction of sp³-hybridized carbons (Fsp3) is 0.444. The van der Waals surface area contributed by atoms with Crippen LogP contribution in [0.25, 0.3) is 11.0 Å². The number of hydrogen-bond donors (Lipinski definition) is 1. The van der Waals surface area contributed by atoms with E-state index in [-0.39, 0.29) is 23.3 Å². The Balaban J connectivity index is 1.38. The zero-order valence-corrected chi connectivity index (χ0v) is 17.4. The van der Waals surface area contributed by atoms with Crippen LogP contribution in [-0.4, -0.2) is 56.6 Å².